The Balaban J connectivity index is 2.88. The number of benzene rings is 1. The minimum absolute atomic E-state index is 0.0163. The van der Waals surface area contributed by atoms with Gasteiger partial charge in [-0.05, 0) is 32.4 Å². The Bertz CT molecular complexity index is 497. The van der Waals surface area contributed by atoms with Crippen molar-refractivity contribution in [2.24, 2.45) is 0 Å². The second-order valence-corrected chi connectivity index (χ2v) is 5.28. The minimum atomic E-state index is -0.785. The normalized spacial score (nSPS) is 11.0. The van der Waals surface area contributed by atoms with Crippen LogP contribution in [0.1, 0.15) is 26.3 Å². The molecule has 0 bridgehead atoms. The third-order valence-corrected chi connectivity index (χ3v) is 2.51. The molecule has 0 fully saturated rings. The molecule has 0 radical (unpaired) electrons. The van der Waals surface area contributed by atoms with Crippen LogP contribution in [0.3, 0.4) is 0 Å². The van der Waals surface area contributed by atoms with Gasteiger partial charge in [0.05, 0.1) is 10.7 Å². The summed E-state index contributed by atoms with van der Waals surface area (Å²) < 4.78 is 18.9. The Morgan fingerprint density at radius 1 is 1.47 bits per heavy atom. The molecule has 0 spiro atoms. The van der Waals surface area contributed by atoms with Gasteiger partial charge in [0.2, 0.25) is 0 Å². The molecule has 0 atom stereocenters. The van der Waals surface area contributed by atoms with Crippen molar-refractivity contribution in [3.63, 3.8) is 0 Å². The van der Waals surface area contributed by atoms with Crippen LogP contribution in [0.15, 0.2) is 12.1 Å². The average molecular weight is 288 g/mol. The molecule has 1 aromatic carbocycles. The van der Waals surface area contributed by atoms with Gasteiger partial charge in [-0.15, -0.1) is 0 Å². The van der Waals surface area contributed by atoms with E-state index < -0.39 is 17.5 Å². The van der Waals surface area contributed by atoms with E-state index in [0.29, 0.717) is 11.8 Å². The lowest BCUT2D eigenvalue weighted by Gasteiger charge is -2.20. The highest BCUT2D eigenvalue weighted by Crippen LogP contribution is 2.27. The number of hydrogen-bond donors (Lipinski definition) is 1. The Morgan fingerprint density at radius 3 is 2.63 bits per heavy atom. The molecule has 0 aromatic heterocycles. The number of aldehydes is 1. The van der Waals surface area contributed by atoms with E-state index in [-0.39, 0.29) is 17.1 Å². The van der Waals surface area contributed by atoms with Gasteiger partial charge in [-0.3, -0.25) is 5.32 Å². The maximum Gasteiger partial charge on any atom is 0.412 e. The first-order chi connectivity index (χ1) is 8.74. The SMILES string of the molecule is CC(C)(C)OC(=O)Nc1ccc(CC=O)c(Cl)c1F. The van der Waals surface area contributed by atoms with Crippen LogP contribution in [-0.4, -0.2) is 18.0 Å². The second kappa shape index (κ2) is 6.02. The molecule has 0 unspecified atom stereocenters. The zero-order chi connectivity index (χ0) is 14.6. The monoisotopic (exact) mass is 287 g/mol. The Morgan fingerprint density at radius 2 is 2.11 bits per heavy atom. The van der Waals surface area contributed by atoms with E-state index in [4.69, 9.17) is 16.3 Å². The third-order valence-electron chi connectivity index (χ3n) is 2.10. The van der Waals surface area contributed by atoms with Crippen molar-refractivity contribution >= 4 is 29.7 Å². The van der Waals surface area contributed by atoms with Gasteiger partial charge in [-0.2, -0.15) is 0 Å². The van der Waals surface area contributed by atoms with Crippen molar-refractivity contribution in [1.29, 1.82) is 0 Å². The number of halogens is 2. The molecule has 0 aliphatic heterocycles. The molecular weight excluding hydrogens is 273 g/mol. The van der Waals surface area contributed by atoms with Crippen LogP contribution in [0, 0.1) is 5.82 Å². The number of ether oxygens (including phenoxy) is 1. The van der Waals surface area contributed by atoms with Crippen molar-refractivity contribution in [1.82, 2.24) is 0 Å². The fourth-order valence-corrected chi connectivity index (χ4v) is 1.59. The van der Waals surface area contributed by atoms with Crippen LogP contribution in [0.25, 0.3) is 0 Å². The first kappa shape index (κ1) is 15.4. The van der Waals surface area contributed by atoms with Gasteiger partial charge in [0.25, 0.3) is 0 Å². The first-order valence-electron chi connectivity index (χ1n) is 5.65. The predicted octanol–water partition coefficient (Wildman–Crippen LogP) is 3.57. The smallest absolute Gasteiger partial charge is 0.412 e. The van der Waals surface area contributed by atoms with Crippen molar-refractivity contribution in [3.05, 3.63) is 28.5 Å². The van der Waals surface area contributed by atoms with Crippen LogP contribution in [0.5, 0.6) is 0 Å². The Labute approximate surface area is 115 Å². The summed E-state index contributed by atoms with van der Waals surface area (Å²) >= 11 is 5.77. The highest BCUT2D eigenvalue weighted by molar-refractivity contribution is 6.32. The van der Waals surface area contributed by atoms with Crippen molar-refractivity contribution < 1.29 is 18.7 Å². The van der Waals surface area contributed by atoms with Gasteiger partial charge >= 0.3 is 6.09 Å². The molecule has 6 heteroatoms. The molecular formula is C13H15ClFNO3. The maximum absolute atomic E-state index is 13.9. The Hall–Kier alpha value is -1.62. The summed E-state index contributed by atoms with van der Waals surface area (Å²) in [6.07, 6.45) is -0.130. The quantitative estimate of drug-likeness (QED) is 0.865. The van der Waals surface area contributed by atoms with Crippen LogP contribution in [0.4, 0.5) is 14.9 Å². The number of amides is 1. The number of carbonyl (C=O) groups excluding carboxylic acids is 2. The lowest BCUT2D eigenvalue weighted by atomic mass is 10.1. The van der Waals surface area contributed by atoms with E-state index in [1.165, 1.54) is 12.1 Å². The van der Waals surface area contributed by atoms with Gasteiger partial charge < -0.3 is 9.53 Å². The van der Waals surface area contributed by atoms with E-state index in [2.05, 4.69) is 5.32 Å². The van der Waals surface area contributed by atoms with Crippen molar-refractivity contribution in [2.75, 3.05) is 5.32 Å². The second-order valence-electron chi connectivity index (χ2n) is 4.90. The number of carbonyl (C=O) groups is 2. The van der Waals surface area contributed by atoms with Gasteiger partial charge in [0.1, 0.15) is 11.9 Å². The minimum Gasteiger partial charge on any atom is -0.444 e. The van der Waals surface area contributed by atoms with Crippen molar-refractivity contribution in [2.45, 2.75) is 32.8 Å². The lowest BCUT2D eigenvalue weighted by molar-refractivity contribution is -0.107. The van der Waals surface area contributed by atoms with Crippen LogP contribution >= 0.6 is 11.6 Å². The van der Waals surface area contributed by atoms with E-state index in [0.717, 1.165) is 0 Å². The first-order valence-corrected chi connectivity index (χ1v) is 6.03. The van der Waals surface area contributed by atoms with Gasteiger partial charge in [-0.1, -0.05) is 17.7 Å². The van der Waals surface area contributed by atoms with Crippen LogP contribution < -0.4 is 5.32 Å². The Kier molecular flexibility index (Phi) is 4.89. The summed E-state index contributed by atoms with van der Waals surface area (Å²) in [5.41, 5.74) is -0.403. The molecule has 0 saturated heterocycles. The molecule has 104 valence electrons. The molecule has 1 amide bonds. The molecule has 0 aliphatic rings. The largest absolute Gasteiger partial charge is 0.444 e. The predicted molar refractivity (Wildman–Crippen MR) is 71.0 cm³/mol. The van der Waals surface area contributed by atoms with Gasteiger partial charge in [0.15, 0.2) is 5.82 Å². The summed E-state index contributed by atoms with van der Waals surface area (Å²) in [5.74, 6) is -0.785. The summed E-state index contributed by atoms with van der Waals surface area (Å²) in [6, 6.07) is 2.82. The fourth-order valence-electron chi connectivity index (χ4n) is 1.35. The maximum atomic E-state index is 13.9. The van der Waals surface area contributed by atoms with Gasteiger partial charge in [-0.25, -0.2) is 9.18 Å². The lowest BCUT2D eigenvalue weighted by Crippen LogP contribution is -2.27. The van der Waals surface area contributed by atoms with E-state index >= 15 is 0 Å². The van der Waals surface area contributed by atoms with E-state index in [9.17, 15) is 14.0 Å². The number of nitrogens with one attached hydrogen (secondary N) is 1. The van der Waals surface area contributed by atoms with Crippen LogP contribution in [0.2, 0.25) is 5.02 Å². The summed E-state index contributed by atoms with van der Waals surface area (Å²) in [5, 5.41) is 2.09. The average Bonchev–Trinajstić information content (AvgIpc) is 2.26. The number of hydrogen-bond acceptors (Lipinski definition) is 3. The molecule has 0 saturated carbocycles. The highest BCUT2D eigenvalue weighted by atomic mass is 35.5. The van der Waals surface area contributed by atoms with E-state index in [1.807, 2.05) is 0 Å². The summed E-state index contributed by atoms with van der Waals surface area (Å²) in [6.45, 7) is 5.09. The molecule has 0 heterocycles. The fraction of sp³-hybridized carbons (Fsp3) is 0.385. The molecule has 4 nitrogen and oxygen atoms in total. The van der Waals surface area contributed by atoms with Crippen LogP contribution in [-0.2, 0) is 16.0 Å². The molecule has 19 heavy (non-hydrogen) atoms. The van der Waals surface area contributed by atoms with E-state index in [1.54, 1.807) is 20.8 Å². The zero-order valence-electron chi connectivity index (χ0n) is 10.9. The molecule has 1 N–H and O–H groups in total. The number of anilines is 1. The van der Waals surface area contributed by atoms with Gasteiger partial charge in [0, 0.05) is 6.42 Å². The standard InChI is InChI=1S/C13H15ClFNO3/c1-13(2,3)19-12(18)16-9-5-4-8(6-7-17)10(14)11(9)15/h4-5,7H,6H2,1-3H3,(H,16,18). The zero-order valence-corrected chi connectivity index (χ0v) is 11.7. The topological polar surface area (TPSA) is 55.4 Å². The molecule has 1 rings (SSSR count). The summed E-state index contributed by atoms with van der Waals surface area (Å²) in [4.78, 5) is 21.9. The molecule has 1 aromatic rings. The van der Waals surface area contributed by atoms with Crippen molar-refractivity contribution in [3.8, 4) is 0 Å². The third kappa shape index (κ3) is 4.52. The molecule has 0 aliphatic carbocycles. The number of rotatable bonds is 3. The summed E-state index contributed by atoms with van der Waals surface area (Å²) in [7, 11) is 0. The highest BCUT2D eigenvalue weighted by Gasteiger charge is 2.19.